The Balaban J connectivity index is 1.43. The van der Waals surface area contributed by atoms with E-state index in [1.165, 1.54) is 6.07 Å². The van der Waals surface area contributed by atoms with E-state index in [-0.39, 0.29) is 0 Å². The van der Waals surface area contributed by atoms with Crippen molar-refractivity contribution in [3.8, 4) is 5.75 Å². The van der Waals surface area contributed by atoms with Crippen molar-refractivity contribution in [2.45, 2.75) is 0 Å². The molecule has 1 N–H and O–H groups in total. The standard InChI is InChI=1S/C21H21F2N5O/c1-29-19-5-3-2-4-18(19)27-10-12-28(13-11-27)20-8-9-24-21(26-20)25-15-6-7-16(22)17(23)14-15/h2-9,14H,10-13H2,1H3,(H,24,25,26). The van der Waals surface area contributed by atoms with Crippen LogP contribution in [-0.2, 0) is 0 Å². The molecule has 0 spiro atoms. The molecular weight excluding hydrogens is 376 g/mol. The van der Waals surface area contributed by atoms with Crippen molar-refractivity contribution in [2.24, 2.45) is 0 Å². The Bertz CT molecular complexity index is 992. The normalized spacial score (nSPS) is 14.0. The number of methoxy groups -OCH3 is 1. The number of nitrogens with zero attached hydrogens (tertiary/aromatic N) is 4. The first-order valence-corrected chi connectivity index (χ1v) is 9.32. The minimum absolute atomic E-state index is 0.334. The summed E-state index contributed by atoms with van der Waals surface area (Å²) >= 11 is 0. The molecule has 8 heteroatoms. The molecule has 0 saturated carbocycles. The summed E-state index contributed by atoms with van der Waals surface area (Å²) in [5.74, 6) is 0.170. The second kappa shape index (κ2) is 8.30. The summed E-state index contributed by atoms with van der Waals surface area (Å²) in [5.41, 5.74) is 1.47. The van der Waals surface area contributed by atoms with Gasteiger partial charge in [-0.15, -0.1) is 0 Å². The van der Waals surface area contributed by atoms with E-state index in [1.807, 2.05) is 24.3 Å². The summed E-state index contributed by atoms with van der Waals surface area (Å²) in [7, 11) is 1.68. The molecule has 0 unspecified atom stereocenters. The van der Waals surface area contributed by atoms with E-state index in [2.05, 4.69) is 31.2 Å². The van der Waals surface area contributed by atoms with Crippen LogP contribution in [0.3, 0.4) is 0 Å². The van der Waals surface area contributed by atoms with Gasteiger partial charge in [0.25, 0.3) is 0 Å². The number of nitrogens with one attached hydrogen (secondary N) is 1. The Hall–Kier alpha value is -3.42. The molecule has 0 amide bonds. The van der Waals surface area contributed by atoms with Gasteiger partial charge in [-0.25, -0.2) is 13.8 Å². The number of piperazine rings is 1. The van der Waals surface area contributed by atoms with Crippen molar-refractivity contribution in [1.29, 1.82) is 0 Å². The summed E-state index contributed by atoms with van der Waals surface area (Å²) in [6, 6.07) is 13.4. The van der Waals surface area contributed by atoms with E-state index < -0.39 is 11.6 Å². The molecule has 0 atom stereocenters. The van der Waals surface area contributed by atoms with Crippen molar-refractivity contribution in [3.05, 3.63) is 66.4 Å². The van der Waals surface area contributed by atoms with Crippen molar-refractivity contribution in [1.82, 2.24) is 9.97 Å². The first-order chi connectivity index (χ1) is 14.1. The van der Waals surface area contributed by atoms with E-state index in [0.29, 0.717) is 11.6 Å². The van der Waals surface area contributed by atoms with Crippen molar-refractivity contribution >= 4 is 23.1 Å². The van der Waals surface area contributed by atoms with Gasteiger partial charge in [-0.1, -0.05) is 12.1 Å². The molecule has 1 aromatic heterocycles. The lowest BCUT2D eigenvalue weighted by Gasteiger charge is -2.37. The Morgan fingerprint density at radius 2 is 1.69 bits per heavy atom. The van der Waals surface area contributed by atoms with E-state index in [4.69, 9.17) is 4.74 Å². The molecule has 4 rings (SSSR count). The minimum Gasteiger partial charge on any atom is -0.495 e. The molecule has 1 saturated heterocycles. The highest BCUT2D eigenvalue weighted by Gasteiger charge is 2.20. The highest BCUT2D eigenvalue weighted by Crippen LogP contribution is 2.29. The monoisotopic (exact) mass is 397 g/mol. The Labute approximate surface area is 167 Å². The number of hydrogen-bond acceptors (Lipinski definition) is 6. The maximum absolute atomic E-state index is 13.4. The molecule has 29 heavy (non-hydrogen) atoms. The summed E-state index contributed by atoms with van der Waals surface area (Å²) in [6.45, 7) is 3.24. The molecule has 1 fully saturated rings. The van der Waals surface area contributed by atoms with Gasteiger partial charge in [0.2, 0.25) is 5.95 Å². The third kappa shape index (κ3) is 4.21. The van der Waals surface area contributed by atoms with Crippen LogP contribution >= 0.6 is 0 Å². The average Bonchev–Trinajstić information content (AvgIpc) is 2.76. The first-order valence-electron chi connectivity index (χ1n) is 9.32. The molecule has 0 bridgehead atoms. The number of rotatable bonds is 5. The maximum Gasteiger partial charge on any atom is 0.229 e. The van der Waals surface area contributed by atoms with Gasteiger partial charge in [-0.2, -0.15) is 4.98 Å². The molecule has 1 aliphatic heterocycles. The van der Waals surface area contributed by atoms with E-state index >= 15 is 0 Å². The predicted molar refractivity (Wildman–Crippen MR) is 109 cm³/mol. The lowest BCUT2D eigenvalue weighted by Crippen LogP contribution is -2.47. The van der Waals surface area contributed by atoms with E-state index in [9.17, 15) is 8.78 Å². The topological polar surface area (TPSA) is 53.5 Å². The Kier molecular flexibility index (Phi) is 5.41. The number of aromatic nitrogens is 2. The van der Waals surface area contributed by atoms with Gasteiger partial charge in [-0.3, -0.25) is 0 Å². The van der Waals surface area contributed by atoms with Crippen LogP contribution in [0.2, 0.25) is 0 Å². The fourth-order valence-electron chi connectivity index (χ4n) is 3.36. The molecule has 6 nitrogen and oxygen atoms in total. The van der Waals surface area contributed by atoms with Crippen LogP contribution in [0.15, 0.2) is 54.7 Å². The highest BCUT2D eigenvalue weighted by atomic mass is 19.2. The van der Waals surface area contributed by atoms with Gasteiger partial charge < -0.3 is 19.9 Å². The highest BCUT2D eigenvalue weighted by molar-refractivity contribution is 5.60. The second-order valence-electron chi connectivity index (χ2n) is 6.64. The van der Waals surface area contributed by atoms with Crippen LogP contribution in [0.5, 0.6) is 5.75 Å². The molecule has 150 valence electrons. The van der Waals surface area contributed by atoms with Crippen LogP contribution < -0.4 is 19.9 Å². The van der Waals surface area contributed by atoms with Crippen LogP contribution in [0.25, 0.3) is 0 Å². The summed E-state index contributed by atoms with van der Waals surface area (Å²) in [5, 5.41) is 2.92. The van der Waals surface area contributed by atoms with Crippen LogP contribution in [0.1, 0.15) is 0 Å². The third-order valence-corrected chi connectivity index (χ3v) is 4.85. The van der Waals surface area contributed by atoms with Gasteiger partial charge >= 0.3 is 0 Å². The fourth-order valence-corrected chi connectivity index (χ4v) is 3.36. The van der Waals surface area contributed by atoms with Gasteiger partial charge in [0, 0.05) is 44.1 Å². The van der Waals surface area contributed by atoms with Crippen molar-refractivity contribution in [2.75, 3.05) is 48.4 Å². The van der Waals surface area contributed by atoms with Crippen LogP contribution in [0, 0.1) is 11.6 Å². The largest absolute Gasteiger partial charge is 0.495 e. The quantitative estimate of drug-likeness (QED) is 0.706. The molecule has 1 aliphatic rings. The van der Waals surface area contributed by atoms with E-state index in [0.717, 1.165) is 55.6 Å². The lowest BCUT2D eigenvalue weighted by atomic mass is 10.2. The molecular formula is C21H21F2N5O. The van der Waals surface area contributed by atoms with E-state index in [1.54, 1.807) is 13.3 Å². The summed E-state index contributed by atoms with van der Waals surface area (Å²) in [4.78, 5) is 13.2. The van der Waals surface area contributed by atoms with Gasteiger partial charge in [0.15, 0.2) is 11.6 Å². The lowest BCUT2D eigenvalue weighted by molar-refractivity contribution is 0.413. The zero-order valence-corrected chi connectivity index (χ0v) is 16.0. The number of benzene rings is 2. The molecule has 2 heterocycles. The van der Waals surface area contributed by atoms with Gasteiger partial charge in [-0.05, 0) is 30.3 Å². The first kappa shape index (κ1) is 18.9. The number of halogens is 2. The van der Waals surface area contributed by atoms with Gasteiger partial charge in [0.05, 0.1) is 12.8 Å². The third-order valence-electron chi connectivity index (χ3n) is 4.85. The Morgan fingerprint density at radius 3 is 2.45 bits per heavy atom. The second-order valence-corrected chi connectivity index (χ2v) is 6.64. The molecule has 3 aromatic rings. The average molecular weight is 397 g/mol. The number of ether oxygens (including phenoxy) is 1. The SMILES string of the molecule is COc1ccccc1N1CCN(c2ccnc(Nc3ccc(F)c(F)c3)n2)CC1. The number of para-hydroxylation sites is 2. The number of anilines is 4. The van der Waals surface area contributed by atoms with Crippen LogP contribution in [-0.4, -0.2) is 43.3 Å². The smallest absolute Gasteiger partial charge is 0.229 e. The van der Waals surface area contributed by atoms with Crippen molar-refractivity contribution in [3.63, 3.8) is 0 Å². The van der Waals surface area contributed by atoms with Crippen LogP contribution in [0.4, 0.5) is 31.9 Å². The fraction of sp³-hybridized carbons (Fsp3) is 0.238. The molecule has 0 aliphatic carbocycles. The van der Waals surface area contributed by atoms with Crippen molar-refractivity contribution < 1.29 is 13.5 Å². The zero-order valence-electron chi connectivity index (χ0n) is 16.0. The number of hydrogen-bond donors (Lipinski definition) is 1. The maximum atomic E-state index is 13.4. The van der Waals surface area contributed by atoms with Gasteiger partial charge in [0.1, 0.15) is 11.6 Å². The summed E-state index contributed by atoms with van der Waals surface area (Å²) in [6.07, 6.45) is 1.65. The predicted octanol–water partition coefficient (Wildman–Crippen LogP) is 3.83. The Morgan fingerprint density at radius 1 is 0.931 bits per heavy atom. The minimum atomic E-state index is -0.918. The molecule has 2 aromatic carbocycles. The zero-order chi connectivity index (χ0) is 20.2. The summed E-state index contributed by atoms with van der Waals surface area (Å²) < 4.78 is 32.0. The molecule has 0 radical (unpaired) electrons.